The quantitative estimate of drug-likeness (QED) is 0.600. The summed E-state index contributed by atoms with van der Waals surface area (Å²) in [5.74, 6) is -0.0915. The number of anilines is 1. The van der Waals surface area contributed by atoms with Crippen molar-refractivity contribution in [1.29, 1.82) is 0 Å². The Kier molecular flexibility index (Phi) is 6.75. The van der Waals surface area contributed by atoms with E-state index in [1.165, 1.54) is 0 Å². The first-order valence-corrected chi connectivity index (χ1v) is 6.85. The molecule has 3 N–H and O–H groups in total. The van der Waals surface area contributed by atoms with E-state index in [1.54, 1.807) is 18.2 Å². The highest BCUT2D eigenvalue weighted by molar-refractivity contribution is 9.10. The minimum absolute atomic E-state index is 0.0915. The van der Waals surface area contributed by atoms with E-state index in [9.17, 15) is 4.79 Å². The van der Waals surface area contributed by atoms with Crippen molar-refractivity contribution in [2.45, 2.75) is 19.8 Å². The molecule has 0 saturated carbocycles. The minimum atomic E-state index is -0.0915. The fourth-order valence-electron chi connectivity index (χ4n) is 1.39. The molecule has 0 fully saturated rings. The Morgan fingerprint density at radius 3 is 2.89 bits per heavy atom. The van der Waals surface area contributed by atoms with Gasteiger partial charge in [0.2, 0.25) is 0 Å². The third-order valence-electron chi connectivity index (χ3n) is 2.36. The number of nitrogens with two attached hydrogens (primary N) is 1. The zero-order valence-electron chi connectivity index (χ0n) is 10.5. The molecule has 0 atom stereocenters. The molecule has 0 aliphatic heterocycles. The minimum Gasteiger partial charge on any atom is -0.398 e. The second-order valence-electron chi connectivity index (χ2n) is 3.96. The highest BCUT2D eigenvalue weighted by atomic mass is 79.9. The second kappa shape index (κ2) is 8.11. The van der Waals surface area contributed by atoms with Crippen molar-refractivity contribution < 1.29 is 9.53 Å². The summed E-state index contributed by atoms with van der Waals surface area (Å²) in [6, 6.07) is 5.14. The molecule has 1 aromatic rings. The monoisotopic (exact) mass is 314 g/mol. The number of nitrogen functional groups attached to an aromatic ring is 1. The SMILES string of the molecule is CCCOCCCNC(=O)c1ccc(N)c(Br)c1. The van der Waals surface area contributed by atoms with Crippen molar-refractivity contribution in [3.05, 3.63) is 28.2 Å². The summed E-state index contributed by atoms with van der Waals surface area (Å²) in [7, 11) is 0. The first-order chi connectivity index (χ1) is 8.65. The summed E-state index contributed by atoms with van der Waals surface area (Å²) in [6.45, 7) is 4.14. The third kappa shape index (κ3) is 5.06. The molecule has 0 aliphatic carbocycles. The van der Waals surface area contributed by atoms with E-state index in [-0.39, 0.29) is 5.91 Å². The number of benzene rings is 1. The molecular weight excluding hydrogens is 296 g/mol. The van der Waals surface area contributed by atoms with Crippen molar-refractivity contribution in [2.75, 3.05) is 25.5 Å². The fraction of sp³-hybridized carbons (Fsp3) is 0.462. The standard InChI is InChI=1S/C13H19BrN2O2/c1-2-7-18-8-3-6-16-13(17)10-4-5-12(15)11(14)9-10/h4-5,9H,2-3,6-8,15H2,1H3,(H,16,17). The summed E-state index contributed by atoms with van der Waals surface area (Å²) in [4.78, 5) is 11.8. The number of carbonyl (C=O) groups excluding carboxylic acids is 1. The molecule has 18 heavy (non-hydrogen) atoms. The summed E-state index contributed by atoms with van der Waals surface area (Å²) in [5, 5.41) is 2.84. The van der Waals surface area contributed by atoms with Gasteiger partial charge in [0, 0.05) is 35.5 Å². The topological polar surface area (TPSA) is 64.3 Å². The Hall–Kier alpha value is -1.07. The molecule has 4 nitrogen and oxygen atoms in total. The Morgan fingerprint density at radius 1 is 1.44 bits per heavy atom. The maximum absolute atomic E-state index is 11.8. The van der Waals surface area contributed by atoms with Crippen molar-refractivity contribution in [2.24, 2.45) is 0 Å². The van der Waals surface area contributed by atoms with Crippen LogP contribution < -0.4 is 11.1 Å². The zero-order valence-corrected chi connectivity index (χ0v) is 12.1. The van der Waals surface area contributed by atoms with Gasteiger partial charge in [-0.05, 0) is 47.0 Å². The van der Waals surface area contributed by atoms with E-state index in [0.717, 1.165) is 23.9 Å². The number of carbonyl (C=O) groups is 1. The van der Waals surface area contributed by atoms with Crippen LogP contribution in [0.3, 0.4) is 0 Å². The number of nitrogens with one attached hydrogen (secondary N) is 1. The maximum atomic E-state index is 11.8. The van der Waals surface area contributed by atoms with Gasteiger partial charge in [-0.3, -0.25) is 4.79 Å². The molecule has 0 radical (unpaired) electrons. The van der Waals surface area contributed by atoms with E-state index in [2.05, 4.69) is 28.2 Å². The maximum Gasteiger partial charge on any atom is 0.251 e. The third-order valence-corrected chi connectivity index (χ3v) is 3.05. The van der Waals surface area contributed by atoms with Crippen LogP contribution in [0.1, 0.15) is 30.1 Å². The first kappa shape index (κ1) is 15.0. The van der Waals surface area contributed by atoms with Crippen molar-refractivity contribution >= 4 is 27.5 Å². The summed E-state index contributed by atoms with van der Waals surface area (Å²) in [5.41, 5.74) is 6.89. The molecule has 0 saturated heterocycles. The Morgan fingerprint density at radius 2 is 2.22 bits per heavy atom. The lowest BCUT2D eigenvalue weighted by Gasteiger charge is -2.07. The van der Waals surface area contributed by atoms with Crippen LogP contribution in [0.5, 0.6) is 0 Å². The van der Waals surface area contributed by atoms with Gasteiger partial charge in [-0.15, -0.1) is 0 Å². The van der Waals surface area contributed by atoms with Crippen LogP contribution in [0.2, 0.25) is 0 Å². The predicted octanol–water partition coefficient (Wildman–Crippen LogP) is 2.58. The average Bonchev–Trinajstić information content (AvgIpc) is 2.36. The normalized spacial score (nSPS) is 10.3. The van der Waals surface area contributed by atoms with E-state index in [4.69, 9.17) is 10.5 Å². The van der Waals surface area contributed by atoms with Gasteiger partial charge in [0.15, 0.2) is 0 Å². The molecule has 0 bridgehead atoms. The smallest absolute Gasteiger partial charge is 0.251 e. The molecule has 0 spiro atoms. The number of halogens is 1. The van der Waals surface area contributed by atoms with Crippen LogP contribution in [0, 0.1) is 0 Å². The molecule has 5 heteroatoms. The molecule has 1 rings (SSSR count). The zero-order chi connectivity index (χ0) is 13.4. The molecule has 0 aliphatic rings. The molecule has 0 unspecified atom stereocenters. The van der Waals surface area contributed by atoms with Gasteiger partial charge in [0.25, 0.3) is 5.91 Å². The average molecular weight is 315 g/mol. The van der Waals surface area contributed by atoms with E-state index < -0.39 is 0 Å². The highest BCUT2D eigenvalue weighted by Crippen LogP contribution is 2.20. The second-order valence-corrected chi connectivity index (χ2v) is 4.81. The van der Waals surface area contributed by atoms with Crippen LogP contribution in [-0.2, 0) is 4.74 Å². The van der Waals surface area contributed by atoms with Crippen molar-refractivity contribution in [3.63, 3.8) is 0 Å². The fourth-order valence-corrected chi connectivity index (χ4v) is 1.77. The van der Waals surface area contributed by atoms with Gasteiger partial charge in [-0.2, -0.15) is 0 Å². The lowest BCUT2D eigenvalue weighted by atomic mass is 10.2. The van der Waals surface area contributed by atoms with Crippen LogP contribution in [0.15, 0.2) is 22.7 Å². The summed E-state index contributed by atoms with van der Waals surface area (Å²) in [6.07, 6.45) is 1.84. The van der Waals surface area contributed by atoms with Gasteiger partial charge in [-0.1, -0.05) is 6.92 Å². The van der Waals surface area contributed by atoms with E-state index in [0.29, 0.717) is 24.4 Å². The van der Waals surface area contributed by atoms with Gasteiger partial charge in [-0.25, -0.2) is 0 Å². The van der Waals surface area contributed by atoms with Gasteiger partial charge in [0.1, 0.15) is 0 Å². The van der Waals surface area contributed by atoms with Gasteiger partial charge >= 0.3 is 0 Å². The van der Waals surface area contributed by atoms with Crippen LogP contribution in [0.25, 0.3) is 0 Å². The molecular formula is C13H19BrN2O2. The van der Waals surface area contributed by atoms with Crippen molar-refractivity contribution in [1.82, 2.24) is 5.32 Å². The number of hydrogen-bond acceptors (Lipinski definition) is 3. The number of amides is 1. The van der Waals surface area contributed by atoms with E-state index >= 15 is 0 Å². The molecule has 0 heterocycles. The largest absolute Gasteiger partial charge is 0.398 e. The number of rotatable bonds is 7. The lowest BCUT2D eigenvalue weighted by Crippen LogP contribution is -2.25. The Bertz CT molecular complexity index is 397. The Balaban J connectivity index is 2.30. The predicted molar refractivity (Wildman–Crippen MR) is 76.6 cm³/mol. The van der Waals surface area contributed by atoms with Crippen molar-refractivity contribution in [3.8, 4) is 0 Å². The first-order valence-electron chi connectivity index (χ1n) is 6.06. The van der Waals surface area contributed by atoms with Crippen LogP contribution >= 0.6 is 15.9 Å². The Labute approximate surface area is 116 Å². The molecule has 1 aromatic carbocycles. The molecule has 0 aromatic heterocycles. The van der Waals surface area contributed by atoms with Gasteiger partial charge in [0.05, 0.1) is 0 Å². The summed E-state index contributed by atoms with van der Waals surface area (Å²) >= 11 is 3.30. The molecule has 1 amide bonds. The number of ether oxygens (including phenoxy) is 1. The van der Waals surface area contributed by atoms with E-state index in [1.807, 2.05) is 0 Å². The number of hydrogen-bond donors (Lipinski definition) is 2. The van der Waals surface area contributed by atoms with Crippen LogP contribution in [-0.4, -0.2) is 25.7 Å². The highest BCUT2D eigenvalue weighted by Gasteiger charge is 2.06. The molecule has 100 valence electrons. The van der Waals surface area contributed by atoms with Crippen LogP contribution in [0.4, 0.5) is 5.69 Å². The van der Waals surface area contributed by atoms with Gasteiger partial charge < -0.3 is 15.8 Å². The summed E-state index contributed by atoms with van der Waals surface area (Å²) < 4.78 is 6.07. The lowest BCUT2D eigenvalue weighted by molar-refractivity contribution is 0.0941.